The molecule has 4 heteroatoms. The van der Waals surface area contributed by atoms with Gasteiger partial charge in [0.1, 0.15) is 0 Å². The van der Waals surface area contributed by atoms with Crippen LogP contribution in [0, 0.1) is 11.3 Å². The van der Waals surface area contributed by atoms with Crippen molar-refractivity contribution in [3.63, 3.8) is 0 Å². The lowest BCUT2D eigenvalue weighted by atomic mass is 10.0. The Balaban J connectivity index is 3.03. The van der Waals surface area contributed by atoms with Crippen molar-refractivity contribution in [1.82, 2.24) is 0 Å². The number of nitriles is 1. The van der Waals surface area contributed by atoms with Gasteiger partial charge in [0.2, 0.25) is 0 Å². The number of aryl methyl sites for hydroxylation is 1. The van der Waals surface area contributed by atoms with Crippen LogP contribution in [0.3, 0.4) is 0 Å². The molecule has 0 unspecified atom stereocenters. The summed E-state index contributed by atoms with van der Waals surface area (Å²) >= 11 is 0. The zero-order valence-electron chi connectivity index (χ0n) is 10.3. The molecule has 1 rings (SSSR count). The van der Waals surface area contributed by atoms with Crippen LogP contribution < -0.4 is 15.2 Å². The highest BCUT2D eigenvalue weighted by Crippen LogP contribution is 2.33. The van der Waals surface area contributed by atoms with Crippen LogP contribution in [-0.4, -0.2) is 20.8 Å². The first-order valence-corrected chi connectivity index (χ1v) is 5.61. The van der Waals surface area contributed by atoms with E-state index in [-0.39, 0.29) is 0 Å². The van der Waals surface area contributed by atoms with Crippen LogP contribution in [0.5, 0.6) is 11.5 Å². The lowest BCUT2D eigenvalue weighted by Crippen LogP contribution is -2.01. The van der Waals surface area contributed by atoms with Gasteiger partial charge in [0.15, 0.2) is 11.5 Å². The summed E-state index contributed by atoms with van der Waals surface area (Å²) in [6, 6.07) is 5.65. The second-order valence-electron chi connectivity index (χ2n) is 3.73. The van der Waals surface area contributed by atoms with Crippen molar-refractivity contribution in [3.05, 3.63) is 23.3 Å². The Kier molecular flexibility index (Phi) is 5.31. The number of benzene rings is 1. The molecule has 0 aliphatic rings. The van der Waals surface area contributed by atoms with Crippen LogP contribution in [-0.2, 0) is 6.42 Å². The van der Waals surface area contributed by atoms with Crippen LogP contribution in [0.15, 0.2) is 12.1 Å². The van der Waals surface area contributed by atoms with Gasteiger partial charge in [0.25, 0.3) is 0 Å². The minimum atomic E-state index is 0.588. The molecule has 0 aliphatic heterocycles. The summed E-state index contributed by atoms with van der Waals surface area (Å²) in [7, 11) is 3.18. The molecule has 17 heavy (non-hydrogen) atoms. The van der Waals surface area contributed by atoms with E-state index in [1.54, 1.807) is 20.3 Å². The molecule has 4 nitrogen and oxygen atoms in total. The largest absolute Gasteiger partial charge is 0.493 e. The molecule has 0 heterocycles. The molecule has 0 radical (unpaired) electrons. The molecule has 0 saturated heterocycles. The van der Waals surface area contributed by atoms with Gasteiger partial charge < -0.3 is 15.2 Å². The Bertz CT molecular complexity index is 411. The molecule has 0 amide bonds. The van der Waals surface area contributed by atoms with Crippen molar-refractivity contribution >= 4 is 0 Å². The van der Waals surface area contributed by atoms with E-state index in [9.17, 15) is 0 Å². The van der Waals surface area contributed by atoms with Crippen molar-refractivity contribution in [2.45, 2.75) is 19.3 Å². The molecular weight excluding hydrogens is 216 g/mol. The van der Waals surface area contributed by atoms with E-state index in [1.807, 2.05) is 6.07 Å². The third kappa shape index (κ3) is 3.36. The molecule has 0 saturated carbocycles. The lowest BCUT2D eigenvalue weighted by Gasteiger charge is -2.13. The third-order valence-corrected chi connectivity index (χ3v) is 2.59. The van der Waals surface area contributed by atoms with Gasteiger partial charge in [-0.1, -0.05) is 0 Å². The number of rotatable bonds is 6. The maximum Gasteiger partial charge on any atom is 0.163 e. The van der Waals surface area contributed by atoms with E-state index in [2.05, 4.69) is 6.07 Å². The zero-order valence-corrected chi connectivity index (χ0v) is 10.3. The second-order valence-corrected chi connectivity index (χ2v) is 3.73. The van der Waals surface area contributed by atoms with Crippen LogP contribution in [0.4, 0.5) is 0 Å². The first kappa shape index (κ1) is 13.3. The average Bonchev–Trinajstić information content (AvgIpc) is 2.37. The number of nitrogens with two attached hydrogens (primary N) is 1. The molecule has 0 atom stereocenters. The SMILES string of the molecule is COc1cc(C#N)cc(CCCCN)c1OC. The Hall–Kier alpha value is -1.73. The van der Waals surface area contributed by atoms with Crippen molar-refractivity contribution in [1.29, 1.82) is 5.26 Å². The first-order chi connectivity index (χ1) is 8.26. The molecule has 1 aromatic carbocycles. The normalized spacial score (nSPS) is 9.76. The van der Waals surface area contributed by atoms with Gasteiger partial charge in [-0.05, 0) is 37.4 Å². The summed E-state index contributed by atoms with van der Waals surface area (Å²) in [5.74, 6) is 1.32. The van der Waals surface area contributed by atoms with Crippen LogP contribution in [0.1, 0.15) is 24.0 Å². The highest BCUT2D eigenvalue weighted by molar-refractivity contribution is 5.52. The highest BCUT2D eigenvalue weighted by Gasteiger charge is 2.11. The number of hydrogen-bond acceptors (Lipinski definition) is 4. The minimum absolute atomic E-state index is 0.588. The standard InChI is InChI=1S/C13H18N2O2/c1-16-12-8-10(9-15)7-11(13(12)17-2)5-3-4-6-14/h7-8H,3-6,14H2,1-2H3. The van der Waals surface area contributed by atoms with E-state index >= 15 is 0 Å². The summed E-state index contributed by atoms with van der Waals surface area (Å²) in [4.78, 5) is 0. The highest BCUT2D eigenvalue weighted by atomic mass is 16.5. The lowest BCUT2D eigenvalue weighted by molar-refractivity contribution is 0.351. The summed E-state index contributed by atoms with van der Waals surface area (Å²) in [5, 5.41) is 8.95. The monoisotopic (exact) mass is 234 g/mol. The van der Waals surface area contributed by atoms with Crippen molar-refractivity contribution < 1.29 is 9.47 Å². The number of methoxy groups -OCH3 is 2. The van der Waals surface area contributed by atoms with Gasteiger partial charge in [-0.15, -0.1) is 0 Å². The minimum Gasteiger partial charge on any atom is -0.493 e. The fraction of sp³-hybridized carbons (Fsp3) is 0.462. The molecule has 1 aromatic rings. The number of unbranched alkanes of at least 4 members (excludes halogenated alkanes) is 1. The Morgan fingerprint density at radius 1 is 1.24 bits per heavy atom. The average molecular weight is 234 g/mol. The Labute approximate surface area is 102 Å². The van der Waals surface area contributed by atoms with Gasteiger partial charge in [0, 0.05) is 6.07 Å². The fourth-order valence-electron chi connectivity index (χ4n) is 1.75. The van der Waals surface area contributed by atoms with Crippen LogP contribution in [0.25, 0.3) is 0 Å². The van der Waals surface area contributed by atoms with E-state index in [4.69, 9.17) is 20.5 Å². The quantitative estimate of drug-likeness (QED) is 0.763. The summed E-state index contributed by atoms with van der Waals surface area (Å²) < 4.78 is 10.6. The van der Waals surface area contributed by atoms with Gasteiger partial charge >= 0.3 is 0 Å². The maximum atomic E-state index is 8.95. The summed E-state index contributed by atoms with van der Waals surface area (Å²) in [5.41, 5.74) is 7.05. The molecule has 92 valence electrons. The first-order valence-electron chi connectivity index (χ1n) is 5.61. The van der Waals surface area contributed by atoms with Crippen molar-refractivity contribution in [2.24, 2.45) is 5.73 Å². The third-order valence-electron chi connectivity index (χ3n) is 2.59. The predicted octanol–water partition coefficient (Wildman–Crippen LogP) is 1.86. The Morgan fingerprint density at radius 3 is 2.53 bits per heavy atom. The second kappa shape index (κ2) is 6.77. The fourth-order valence-corrected chi connectivity index (χ4v) is 1.75. The van der Waals surface area contributed by atoms with E-state index < -0.39 is 0 Å². The van der Waals surface area contributed by atoms with E-state index in [0.29, 0.717) is 23.6 Å². The Morgan fingerprint density at radius 2 is 2.00 bits per heavy atom. The predicted molar refractivity (Wildman–Crippen MR) is 66.3 cm³/mol. The van der Waals surface area contributed by atoms with Crippen molar-refractivity contribution in [3.8, 4) is 17.6 Å². The number of ether oxygens (including phenoxy) is 2. The number of hydrogen-bond donors (Lipinski definition) is 1. The van der Waals surface area contributed by atoms with Crippen LogP contribution >= 0.6 is 0 Å². The van der Waals surface area contributed by atoms with Gasteiger partial charge in [0.05, 0.1) is 25.9 Å². The molecule has 0 aromatic heterocycles. The van der Waals surface area contributed by atoms with E-state index in [0.717, 1.165) is 24.8 Å². The summed E-state index contributed by atoms with van der Waals surface area (Å²) in [6.07, 6.45) is 2.78. The molecule has 2 N–H and O–H groups in total. The molecule has 0 bridgehead atoms. The van der Waals surface area contributed by atoms with Gasteiger partial charge in [-0.25, -0.2) is 0 Å². The van der Waals surface area contributed by atoms with E-state index in [1.165, 1.54) is 0 Å². The molecule has 0 spiro atoms. The smallest absolute Gasteiger partial charge is 0.163 e. The van der Waals surface area contributed by atoms with Gasteiger partial charge in [-0.3, -0.25) is 0 Å². The maximum absolute atomic E-state index is 8.95. The zero-order chi connectivity index (χ0) is 12.7. The van der Waals surface area contributed by atoms with Crippen LogP contribution in [0.2, 0.25) is 0 Å². The topological polar surface area (TPSA) is 68.3 Å². The molecular formula is C13H18N2O2. The summed E-state index contributed by atoms with van der Waals surface area (Å²) in [6.45, 7) is 0.678. The molecule has 0 fully saturated rings. The molecule has 0 aliphatic carbocycles. The van der Waals surface area contributed by atoms with Crippen molar-refractivity contribution in [2.75, 3.05) is 20.8 Å². The number of nitrogens with zero attached hydrogens (tertiary/aromatic N) is 1. The van der Waals surface area contributed by atoms with Gasteiger partial charge in [-0.2, -0.15) is 5.26 Å².